The molecule has 0 bridgehead atoms. The van der Waals surface area contributed by atoms with Crippen molar-refractivity contribution in [1.82, 2.24) is 70.6 Å². The lowest BCUT2D eigenvalue weighted by molar-refractivity contribution is -0.145. The molecule has 0 aliphatic rings. The lowest BCUT2D eigenvalue weighted by atomic mass is 10.2. The van der Waals surface area contributed by atoms with Gasteiger partial charge in [0.15, 0.2) is 0 Å². The fraction of sp³-hybridized carbons (Fsp3) is 0.389. The van der Waals surface area contributed by atoms with E-state index < -0.39 is 41.7 Å². The van der Waals surface area contributed by atoms with Crippen molar-refractivity contribution in [3.05, 3.63) is 119 Å². The first kappa shape index (κ1) is 62.9. The van der Waals surface area contributed by atoms with Crippen molar-refractivity contribution in [1.29, 1.82) is 0 Å². The first-order valence-corrected chi connectivity index (χ1v) is 26.7. The summed E-state index contributed by atoms with van der Waals surface area (Å²) >= 11 is 0. The number of carbonyl (C=O) groups excluding carboxylic acids is 7. The number of nitrogens with zero attached hydrogens (tertiary/aromatic N) is 12. The number of esters is 5. The van der Waals surface area contributed by atoms with Crippen LogP contribution in [-0.2, 0) is 95.5 Å². The predicted molar refractivity (Wildman–Crippen MR) is 290 cm³/mol. The second-order valence-electron chi connectivity index (χ2n) is 17.8. The molecule has 0 saturated heterocycles. The van der Waals surface area contributed by atoms with Crippen molar-refractivity contribution < 1.29 is 85.7 Å². The molecule has 2 N–H and O–H groups in total. The smallest absolute Gasteiger partial charge is 0.338 e. The molecule has 4 aromatic heterocycles. The van der Waals surface area contributed by atoms with Gasteiger partial charge in [0, 0.05) is 29.3 Å². The Balaban J connectivity index is 0.957. The highest BCUT2D eigenvalue weighted by molar-refractivity contribution is 5.95. The van der Waals surface area contributed by atoms with Gasteiger partial charge in [-0.2, -0.15) is 0 Å². The molecule has 32 nitrogen and oxygen atoms in total. The van der Waals surface area contributed by atoms with Crippen LogP contribution in [0, 0.1) is 0 Å². The molecule has 456 valence electrons. The monoisotopic (exact) mass is 1190 g/mol. The van der Waals surface area contributed by atoms with E-state index in [0.29, 0.717) is 22.8 Å². The quantitative estimate of drug-likeness (QED) is 0.0326. The van der Waals surface area contributed by atoms with Crippen LogP contribution in [0.2, 0.25) is 0 Å². The van der Waals surface area contributed by atoms with E-state index in [4.69, 9.17) is 52.1 Å². The van der Waals surface area contributed by atoms with E-state index >= 15 is 0 Å². The van der Waals surface area contributed by atoms with Gasteiger partial charge in [0.05, 0.1) is 77.0 Å². The first-order chi connectivity index (χ1) is 41.7. The van der Waals surface area contributed by atoms with Crippen LogP contribution in [0.15, 0.2) is 79.4 Å². The van der Waals surface area contributed by atoms with Crippen molar-refractivity contribution in [3.8, 4) is 34.5 Å². The van der Waals surface area contributed by atoms with Gasteiger partial charge >= 0.3 is 29.8 Å². The summed E-state index contributed by atoms with van der Waals surface area (Å²) in [6.45, 7) is 6.45. The van der Waals surface area contributed by atoms with E-state index in [9.17, 15) is 33.6 Å². The molecular weight excluding hydrogens is 1130 g/mol. The summed E-state index contributed by atoms with van der Waals surface area (Å²) in [5.41, 5.74) is 1.88. The molecule has 4 heterocycles. The SMILES string of the molecule is CCOC(=O)Cn1cc(COc2cc(OCc3cn(CC(=O)OCC)nn3)cc(C(=O)NCCOc3cc(OCCNC(=O)c4cc(OCc5cn(CC(=O)OCC)nn5)cc(OCc5cn(CC(=O)OCC)nn5)c4)cc(C(=O)OC)c3)c2)nn1. The van der Waals surface area contributed by atoms with Gasteiger partial charge in [0.1, 0.15) is 123 Å². The molecule has 86 heavy (non-hydrogen) atoms. The minimum absolute atomic E-state index is 0.0195. The number of carbonyl (C=O) groups is 7. The molecule has 0 atom stereocenters. The minimum atomic E-state index is -0.688. The summed E-state index contributed by atoms with van der Waals surface area (Å²) in [6, 6.07) is 13.4. The Labute approximate surface area is 490 Å². The zero-order valence-electron chi connectivity index (χ0n) is 47.5. The van der Waals surface area contributed by atoms with E-state index in [2.05, 4.69) is 51.9 Å². The van der Waals surface area contributed by atoms with Gasteiger partial charge in [0.25, 0.3) is 11.8 Å². The third-order valence-electron chi connectivity index (χ3n) is 11.2. The topological polar surface area (TPSA) is 368 Å². The predicted octanol–water partition coefficient (Wildman–Crippen LogP) is 2.03. The van der Waals surface area contributed by atoms with Crippen molar-refractivity contribution in [2.45, 2.75) is 80.3 Å². The molecule has 7 aromatic rings. The second-order valence-corrected chi connectivity index (χ2v) is 17.8. The maximum atomic E-state index is 13.7. The third-order valence-corrected chi connectivity index (χ3v) is 11.2. The normalized spacial score (nSPS) is 10.8. The second kappa shape index (κ2) is 32.2. The van der Waals surface area contributed by atoms with E-state index in [1.165, 1.54) is 93.1 Å². The fourth-order valence-electron chi connectivity index (χ4n) is 7.50. The number of ether oxygens (including phenoxy) is 11. The average Bonchev–Trinajstić information content (AvgIpc) is 4.47. The Kier molecular flexibility index (Phi) is 23.6. The Morgan fingerprint density at radius 2 is 0.651 bits per heavy atom. The lowest BCUT2D eigenvalue weighted by Crippen LogP contribution is -2.28. The summed E-state index contributed by atoms with van der Waals surface area (Å²) in [5.74, 6) is -2.45. The van der Waals surface area contributed by atoms with E-state index in [1.54, 1.807) is 39.8 Å². The van der Waals surface area contributed by atoms with E-state index in [1.807, 2.05) is 0 Å². The van der Waals surface area contributed by atoms with Gasteiger partial charge in [-0.05, 0) is 64.1 Å². The highest BCUT2D eigenvalue weighted by Gasteiger charge is 2.18. The number of benzene rings is 3. The number of hydrogen-bond donors (Lipinski definition) is 2. The summed E-state index contributed by atoms with van der Waals surface area (Å²) < 4.78 is 65.9. The number of rotatable bonds is 35. The Morgan fingerprint density at radius 3 is 0.919 bits per heavy atom. The van der Waals surface area contributed by atoms with Crippen LogP contribution < -0.4 is 39.1 Å². The van der Waals surface area contributed by atoms with Gasteiger partial charge in [-0.25, -0.2) is 23.5 Å². The van der Waals surface area contributed by atoms with Crippen molar-refractivity contribution in [2.75, 3.05) is 59.8 Å². The van der Waals surface area contributed by atoms with Crippen LogP contribution in [0.1, 0.15) is 81.5 Å². The zero-order valence-corrected chi connectivity index (χ0v) is 47.5. The largest absolute Gasteiger partial charge is 0.492 e. The maximum Gasteiger partial charge on any atom is 0.338 e. The summed E-state index contributed by atoms with van der Waals surface area (Å²) in [6.07, 6.45) is 6.07. The van der Waals surface area contributed by atoms with Crippen LogP contribution >= 0.6 is 0 Å². The number of methoxy groups -OCH3 is 1. The van der Waals surface area contributed by atoms with Crippen LogP contribution in [0.4, 0.5) is 0 Å². The zero-order chi connectivity index (χ0) is 61.2. The fourth-order valence-corrected chi connectivity index (χ4v) is 7.50. The lowest BCUT2D eigenvalue weighted by Gasteiger charge is -2.14. The number of amides is 2. The molecule has 0 aliphatic carbocycles. The third kappa shape index (κ3) is 20.3. The van der Waals surface area contributed by atoms with Gasteiger partial charge in [-0.1, -0.05) is 20.9 Å². The molecule has 0 aliphatic heterocycles. The Morgan fingerprint density at radius 1 is 0.384 bits per heavy atom. The Bertz CT molecular complexity index is 3060. The molecule has 7 rings (SSSR count). The van der Waals surface area contributed by atoms with Gasteiger partial charge in [-0.3, -0.25) is 28.8 Å². The maximum absolute atomic E-state index is 13.7. The molecule has 3 aromatic carbocycles. The molecule has 0 fully saturated rings. The highest BCUT2D eigenvalue weighted by Crippen LogP contribution is 2.27. The molecular formula is C54H62N14O18. The van der Waals surface area contributed by atoms with Gasteiger partial charge in [0.2, 0.25) is 0 Å². The molecule has 0 spiro atoms. The molecule has 0 radical (unpaired) electrons. The van der Waals surface area contributed by atoms with Crippen molar-refractivity contribution in [2.24, 2.45) is 0 Å². The summed E-state index contributed by atoms with van der Waals surface area (Å²) in [7, 11) is 1.21. The minimum Gasteiger partial charge on any atom is -0.492 e. The average molecular weight is 1200 g/mol. The summed E-state index contributed by atoms with van der Waals surface area (Å²) in [5, 5.41) is 37.5. The first-order valence-electron chi connectivity index (χ1n) is 26.7. The van der Waals surface area contributed by atoms with Gasteiger partial charge < -0.3 is 62.7 Å². The van der Waals surface area contributed by atoms with Crippen LogP contribution in [0.25, 0.3) is 0 Å². The van der Waals surface area contributed by atoms with Crippen molar-refractivity contribution in [3.63, 3.8) is 0 Å². The molecule has 2 amide bonds. The van der Waals surface area contributed by atoms with E-state index in [0.717, 1.165) is 0 Å². The number of aromatic nitrogens is 12. The number of hydrogen-bond acceptors (Lipinski definition) is 26. The highest BCUT2D eigenvalue weighted by atomic mass is 16.6. The van der Waals surface area contributed by atoms with Gasteiger partial charge in [-0.15, -0.1) is 20.4 Å². The van der Waals surface area contributed by atoms with Crippen LogP contribution in [-0.4, -0.2) is 161 Å². The molecule has 0 unspecified atom stereocenters. The summed E-state index contributed by atoms with van der Waals surface area (Å²) in [4.78, 5) is 87.9. The van der Waals surface area contributed by atoms with Crippen LogP contribution in [0.5, 0.6) is 34.5 Å². The standard InChI is InChI=1S/C54H62N14O18/c1-6-77-48(69)27-65-23-38(57-61-65)31-83-44-14-35(15-45(21-44)84-32-39-24-66(62-58-39)28-49(70)78-7-2)52(73)55-10-12-81-42-18-37(54(75)76-5)19-43(20-42)82-13-11-56-53(74)36-16-46(85-33-40-25-67(63-59-40)29-50(71)79-8-3)22-47(17-36)86-34-41-26-68(64-60-41)30-51(72)80-9-4/h14-26H,6-13,27-34H2,1-5H3,(H,55,73)(H,56,74). The molecule has 0 saturated carbocycles. The van der Waals surface area contributed by atoms with Crippen LogP contribution in [0.3, 0.4) is 0 Å². The molecule has 32 heteroatoms. The Hall–Kier alpha value is -10.7. The van der Waals surface area contributed by atoms with E-state index in [-0.39, 0.29) is 157 Å². The van der Waals surface area contributed by atoms with Crippen molar-refractivity contribution >= 4 is 41.7 Å². The number of nitrogens with one attached hydrogen (secondary N) is 2.